The smallest absolute Gasteiger partial charge is 0.262 e. The maximum Gasteiger partial charge on any atom is 0.262 e. The highest BCUT2D eigenvalue weighted by Crippen LogP contribution is 2.26. The summed E-state index contributed by atoms with van der Waals surface area (Å²) in [4.78, 5) is 20.6. The van der Waals surface area contributed by atoms with Crippen LogP contribution in [-0.2, 0) is 21.9 Å². The lowest BCUT2D eigenvalue weighted by Gasteiger charge is -2.34. The molecule has 0 saturated carbocycles. The van der Waals surface area contributed by atoms with Gasteiger partial charge >= 0.3 is 0 Å². The molecule has 2 aliphatic rings. The first-order valence-corrected chi connectivity index (χ1v) is 10.7. The molecule has 146 valence electrons. The zero-order valence-corrected chi connectivity index (χ0v) is 16.5. The Morgan fingerprint density at radius 2 is 1.92 bits per heavy atom. The predicted octanol–water partition coefficient (Wildman–Crippen LogP) is 0.375. The Morgan fingerprint density at radius 1 is 1.19 bits per heavy atom. The summed E-state index contributed by atoms with van der Waals surface area (Å²) in [6, 6.07) is 0. The monoisotopic (exact) mass is 383 g/mol. The lowest BCUT2D eigenvalue weighted by molar-refractivity contribution is -0.133. The second kappa shape index (κ2) is 8.06. The van der Waals surface area contributed by atoms with Crippen LogP contribution in [-0.4, -0.2) is 84.3 Å². The Bertz CT molecular complexity index is 725. The van der Waals surface area contributed by atoms with Crippen molar-refractivity contribution in [2.24, 2.45) is 13.0 Å². The third-order valence-electron chi connectivity index (χ3n) is 5.39. The molecule has 0 unspecified atom stereocenters. The lowest BCUT2D eigenvalue weighted by atomic mass is 9.94. The highest BCUT2D eigenvalue weighted by Gasteiger charge is 2.32. The number of imidazole rings is 1. The van der Waals surface area contributed by atoms with E-state index in [9.17, 15) is 13.2 Å². The van der Waals surface area contributed by atoms with Crippen molar-refractivity contribution >= 4 is 15.9 Å². The highest BCUT2D eigenvalue weighted by molar-refractivity contribution is 7.89. The SMILES string of the molecule is CN1CCN(C(=O)CC[C@H]2CCCN(S(=O)(=O)c3cn(C)cn3)C2)CC1. The topological polar surface area (TPSA) is 78.8 Å². The number of carbonyl (C=O) groups excluding carboxylic acids is 1. The van der Waals surface area contributed by atoms with Crippen LogP contribution in [0.25, 0.3) is 0 Å². The third-order valence-corrected chi connectivity index (χ3v) is 7.14. The summed E-state index contributed by atoms with van der Waals surface area (Å²) >= 11 is 0. The number of hydrogen-bond donors (Lipinski definition) is 0. The molecule has 8 nitrogen and oxygen atoms in total. The number of piperidine rings is 1. The second-order valence-electron chi connectivity index (χ2n) is 7.47. The maximum absolute atomic E-state index is 12.7. The molecule has 1 aromatic heterocycles. The molecule has 2 fully saturated rings. The normalized spacial score (nSPS) is 23.3. The summed E-state index contributed by atoms with van der Waals surface area (Å²) in [5, 5.41) is 0.106. The van der Waals surface area contributed by atoms with E-state index >= 15 is 0 Å². The number of hydrogen-bond acceptors (Lipinski definition) is 5. The molecule has 26 heavy (non-hydrogen) atoms. The minimum atomic E-state index is -3.54. The van der Waals surface area contributed by atoms with E-state index in [2.05, 4.69) is 16.9 Å². The van der Waals surface area contributed by atoms with E-state index in [0.29, 0.717) is 19.5 Å². The summed E-state index contributed by atoms with van der Waals surface area (Å²) in [5.74, 6) is 0.432. The lowest BCUT2D eigenvalue weighted by Crippen LogP contribution is -2.47. The molecule has 0 N–H and O–H groups in total. The Kier molecular flexibility index (Phi) is 5.99. The molecule has 1 aromatic rings. The number of amides is 1. The van der Waals surface area contributed by atoms with E-state index in [1.54, 1.807) is 11.6 Å². The van der Waals surface area contributed by atoms with Gasteiger partial charge in [-0.2, -0.15) is 4.31 Å². The van der Waals surface area contributed by atoms with E-state index in [-0.39, 0.29) is 16.9 Å². The van der Waals surface area contributed by atoms with Crippen molar-refractivity contribution in [1.82, 2.24) is 23.7 Å². The van der Waals surface area contributed by atoms with Gasteiger partial charge in [-0.1, -0.05) is 0 Å². The number of rotatable bonds is 5. The third kappa shape index (κ3) is 4.44. The fraction of sp³-hybridized carbons (Fsp3) is 0.765. The number of nitrogens with zero attached hydrogens (tertiary/aromatic N) is 5. The summed E-state index contributed by atoms with van der Waals surface area (Å²) in [6.07, 6.45) is 6.10. The van der Waals surface area contributed by atoms with Crippen LogP contribution >= 0.6 is 0 Å². The maximum atomic E-state index is 12.7. The summed E-state index contributed by atoms with van der Waals surface area (Å²) < 4.78 is 28.6. The van der Waals surface area contributed by atoms with Crippen molar-refractivity contribution in [2.75, 3.05) is 46.3 Å². The fourth-order valence-electron chi connectivity index (χ4n) is 3.68. The van der Waals surface area contributed by atoms with Crippen LogP contribution in [0.2, 0.25) is 0 Å². The Morgan fingerprint density at radius 3 is 2.58 bits per heavy atom. The summed E-state index contributed by atoms with van der Waals surface area (Å²) in [7, 11) is 0.290. The number of aryl methyl sites for hydroxylation is 1. The van der Waals surface area contributed by atoms with Gasteiger partial charge in [-0.05, 0) is 32.2 Å². The van der Waals surface area contributed by atoms with Gasteiger partial charge in [-0.3, -0.25) is 4.79 Å². The van der Waals surface area contributed by atoms with Gasteiger partial charge in [0.2, 0.25) is 5.91 Å². The molecule has 0 aromatic carbocycles. The number of likely N-dealkylation sites (N-methyl/N-ethyl adjacent to an activating group) is 1. The molecule has 9 heteroatoms. The van der Waals surface area contributed by atoms with Gasteiger partial charge < -0.3 is 14.4 Å². The van der Waals surface area contributed by atoms with Crippen LogP contribution in [0.5, 0.6) is 0 Å². The molecule has 3 heterocycles. The minimum Gasteiger partial charge on any atom is -0.340 e. The Balaban J connectivity index is 1.53. The van der Waals surface area contributed by atoms with Crippen molar-refractivity contribution in [2.45, 2.75) is 30.7 Å². The quantitative estimate of drug-likeness (QED) is 0.734. The molecular weight excluding hydrogens is 354 g/mol. The van der Waals surface area contributed by atoms with Crippen molar-refractivity contribution in [3.63, 3.8) is 0 Å². The Hall–Kier alpha value is -1.45. The first-order chi connectivity index (χ1) is 12.4. The largest absolute Gasteiger partial charge is 0.340 e. The molecule has 2 saturated heterocycles. The van der Waals surface area contributed by atoms with E-state index in [4.69, 9.17) is 0 Å². The van der Waals surface area contributed by atoms with Gasteiger partial charge in [-0.25, -0.2) is 13.4 Å². The van der Waals surface area contributed by atoms with E-state index in [1.165, 1.54) is 16.8 Å². The first-order valence-electron chi connectivity index (χ1n) is 9.30. The number of aromatic nitrogens is 2. The van der Waals surface area contributed by atoms with Gasteiger partial charge in [-0.15, -0.1) is 0 Å². The van der Waals surface area contributed by atoms with Crippen LogP contribution in [0.4, 0.5) is 0 Å². The summed E-state index contributed by atoms with van der Waals surface area (Å²) in [5.41, 5.74) is 0. The van der Waals surface area contributed by atoms with Crippen molar-refractivity contribution < 1.29 is 13.2 Å². The first kappa shape index (κ1) is 19.3. The predicted molar refractivity (Wildman–Crippen MR) is 98.0 cm³/mol. The van der Waals surface area contributed by atoms with Gasteiger partial charge in [0, 0.05) is 58.9 Å². The van der Waals surface area contributed by atoms with Crippen LogP contribution in [0.1, 0.15) is 25.7 Å². The average Bonchev–Trinajstić information content (AvgIpc) is 3.08. The van der Waals surface area contributed by atoms with Crippen LogP contribution in [0, 0.1) is 5.92 Å². The van der Waals surface area contributed by atoms with Gasteiger partial charge in [0.1, 0.15) is 0 Å². The number of sulfonamides is 1. The standard InChI is InChI=1S/C17H29N5O3S/c1-19-8-10-21(11-9-19)17(23)6-5-15-4-3-7-22(12-15)26(24,25)16-13-20(2)14-18-16/h13-15H,3-12H2,1-2H3/t15-/m1/s1. The van der Waals surface area contributed by atoms with Gasteiger partial charge in [0.15, 0.2) is 5.03 Å². The van der Waals surface area contributed by atoms with Crippen molar-refractivity contribution in [3.05, 3.63) is 12.5 Å². The molecule has 0 radical (unpaired) electrons. The average molecular weight is 384 g/mol. The zero-order valence-electron chi connectivity index (χ0n) is 15.7. The minimum absolute atomic E-state index is 0.106. The second-order valence-corrected chi connectivity index (χ2v) is 9.36. The van der Waals surface area contributed by atoms with Crippen LogP contribution in [0.15, 0.2) is 17.6 Å². The van der Waals surface area contributed by atoms with Crippen molar-refractivity contribution in [1.29, 1.82) is 0 Å². The summed E-state index contributed by atoms with van der Waals surface area (Å²) in [6.45, 7) is 4.44. The molecule has 2 aliphatic heterocycles. The van der Waals surface area contributed by atoms with Gasteiger partial charge in [0.05, 0.1) is 6.33 Å². The molecular formula is C17H29N5O3S. The molecule has 0 bridgehead atoms. The number of piperazine rings is 1. The van der Waals surface area contributed by atoms with Crippen LogP contribution in [0.3, 0.4) is 0 Å². The molecule has 1 amide bonds. The molecule has 0 aliphatic carbocycles. The van der Waals surface area contributed by atoms with Gasteiger partial charge in [0.25, 0.3) is 10.0 Å². The van der Waals surface area contributed by atoms with Crippen molar-refractivity contribution in [3.8, 4) is 0 Å². The van der Waals surface area contributed by atoms with E-state index < -0.39 is 10.0 Å². The molecule has 3 rings (SSSR count). The zero-order chi connectivity index (χ0) is 18.7. The van der Waals surface area contributed by atoms with E-state index in [0.717, 1.165) is 45.4 Å². The van der Waals surface area contributed by atoms with E-state index in [1.807, 2.05) is 4.90 Å². The fourth-order valence-corrected chi connectivity index (χ4v) is 5.20. The van der Waals surface area contributed by atoms with Crippen LogP contribution < -0.4 is 0 Å². The Labute approximate surface area is 155 Å². The number of carbonyl (C=O) groups is 1. The highest BCUT2D eigenvalue weighted by atomic mass is 32.2. The molecule has 1 atom stereocenters. The molecule has 0 spiro atoms.